The van der Waals surface area contributed by atoms with Crippen molar-refractivity contribution >= 4 is 28.6 Å². The van der Waals surface area contributed by atoms with Gasteiger partial charge in [-0.05, 0) is 101 Å². The van der Waals surface area contributed by atoms with E-state index < -0.39 is 11.5 Å². The summed E-state index contributed by atoms with van der Waals surface area (Å²) >= 11 is 6.27. The second kappa shape index (κ2) is 13.8. The fourth-order valence-electron chi connectivity index (χ4n) is 6.31. The topological polar surface area (TPSA) is 129 Å². The predicted molar refractivity (Wildman–Crippen MR) is 183 cm³/mol. The number of imidazole rings is 1. The van der Waals surface area contributed by atoms with Crippen LogP contribution >= 0.6 is 11.6 Å². The smallest absolute Gasteiger partial charge is 0.354 e. The van der Waals surface area contributed by atoms with Crippen molar-refractivity contribution in [2.45, 2.75) is 83.8 Å². The molecule has 0 bridgehead atoms. The zero-order valence-electron chi connectivity index (χ0n) is 26.6. The molecular weight excluding hydrogens is 603 g/mol. The molecule has 242 valence electrons. The molecule has 0 aliphatic carbocycles. The van der Waals surface area contributed by atoms with Crippen molar-refractivity contribution in [2.24, 2.45) is 5.73 Å². The van der Waals surface area contributed by atoms with Crippen molar-refractivity contribution in [3.05, 3.63) is 92.5 Å². The van der Waals surface area contributed by atoms with Crippen LogP contribution in [0.4, 0.5) is 10.3 Å². The van der Waals surface area contributed by atoms with Crippen LogP contribution in [0.3, 0.4) is 0 Å². The first-order chi connectivity index (χ1) is 22.1. The predicted octanol–water partition coefficient (Wildman–Crippen LogP) is 6.87. The van der Waals surface area contributed by atoms with Gasteiger partial charge in [0.2, 0.25) is 5.95 Å². The Hall–Kier alpha value is -3.99. The van der Waals surface area contributed by atoms with Gasteiger partial charge in [-0.25, -0.2) is 14.2 Å². The van der Waals surface area contributed by atoms with E-state index in [1.165, 1.54) is 10.1 Å². The van der Waals surface area contributed by atoms with Gasteiger partial charge in [0.15, 0.2) is 5.82 Å². The number of fused-ring (bicyclic) bond motifs is 1. The molecule has 3 atom stereocenters. The van der Waals surface area contributed by atoms with Crippen molar-refractivity contribution in [3.8, 4) is 16.9 Å². The highest BCUT2D eigenvalue weighted by Crippen LogP contribution is 2.32. The van der Waals surface area contributed by atoms with Crippen molar-refractivity contribution in [2.75, 3.05) is 11.9 Å². The second-order valence-corrected chi connectivity index (χ2v) is 13.0. The maximum absolute atomic E-state index is 15.2. The summed E-state index contributed by atoms with van der Waals surface area (Å²) in [6.45, 7) is 6.84. The maximum Gasteiger partial charge on any atom is 0.354 e. The third-order valence-corrected chi connectivity index (χ3v) is 9.26. The molecule has 0 radical (unpaired) electrons. The molecule has 5 aromatic rings. The summed E-state index contributed by atoms with van der Waals surface area (Å²) in [5, 5.41) is 7.98. The standard InChI is InChI=1S/C35H42ClFN8O/c1-20(38)6-4-7-23-16-28(32(37)29(36)17-23)31-18-25-19-45(35(46)44-33(25)43-31)27-12-10-24(11-13-27)30-9-5-8-26(42-30)14-15-39-34-40-21(2)22(3)41-34/h10-13,16-20,26,30,42H,4-9,14-15,38H2,1-3H3,(H2,39,40,41)(H,43,44,46)/t20-,26+,30+/m0/s1. The lowest BCUT2D eigenvalue weighted by molar-refractivity contribution is 0.316. The SMILES string of the molecule is Cc1nc(NCC[C@H]2CCC[C@H](c3ccc(-n4cc5cc(-c6cc(CCC[C@H](C)N)cc(Cl)c6F)[nH]c5nc4=O)cc3)N2)[nH]c1C. The van der Waals surface area contributed by atoms with Crippen molar-refractivity contribution in [1.82, 2.24) is 29.8 Å². The highest BCUT2D eigenvalue weighted by molar-refractivity contribution is 6.31. The molecule has 2 aromatic carbocycles. The van der Waals surface area contributed by atoms with E-state index in [-0.39, 0.29) is 17.1 Å². The van der Waals surface area contributed by atoms with Crippen LogP contribution in [0.15, 0.2) is 53.5 Å². The number of aromatic amines is 2. The van der Waals surface area contributed by atoms with Crippen LogP contribution in [0, 0.1) is 19.7 Å². The Morgan fingerprint density at radius 1 is 1.13 bits per heavy atom. The fourth-order valence-corrected chi connectivity index (χ4v) is 6.55. The Morgan fingerprint density at radius 3 is 2.67 bits per heavy atom. The largest absolute Gasteiger partial charge is 0.356 e. The van der Waals surface area contributed by atoms with Crippen LogP contribution in [0.25, 0.3) is 28.0 Å². The average molecular weight is 645 g/mol. The van der Waals surface area contributed by atoms with E-state index in [4.69, 9.17) is 17.3 Å². The first-order valence-electron chi connectivity index (χ1n) is 16.1. The highest BCUT2D eigenvalue weighted by atomic mass is 35.5. The summed E-state index contributed by atoms with van der Waals surface area (Å²) in [7, 11) is 0. The number of nitrogens with zero attached hydrogens (tertiary/aromatic N) is 3. The summed E-state index contributed by atoms with van der Waals surface area (Å²) in [5.74, 6) is 0.318. The molecule has 0 saturated carbocycles. The van der Waals surface area contributed by atoms with Gasteiger partial charge in [0.25, 0.3) is 0 Å². The molecule has 6 N–H and O–H groups in total. The Morgan fingerprint density at radius 2 is 1.93 bits per heavy atom. The van der Waals surface area contributed by atoms with Gasteiger partial charge in [-0.3, -0.25) is 4.57 Å². The lowest BCUT2D eigenvalue weighted by Gasteiger charge is -2.31. The van der Waals surface area contributed by atoms with Gasteiger partial charge in [0.1, 0.15) is 5.65 Å². The van der Waals surface area contributed by atoms with Crippen LogP contribution in [0.2, 0.25) is 5.02 Å². The Balaban J connectivity index is 1.15. The molecule has 0 unspecified atom stereocenters. The number of rotatable bonds is 11. The van der Waals surface area contributed by atoms with E-state index in [1.54, 1.807) is 18.3 Å². The number of hydrogen-bond acceptors (Lipinski definition) is 6. The number of benzene rings is 2. The molecular formula is C35H42ClFN8O. The van der Waals surface area contributed by atoms with E-state index in [2.05, 4.69) is 42.7 Å². The van der Waals surface area contributed by atoms with Crippen molar-refractivity contribution < 1.29 is 4.39 Å². The molecule has 46 heavy (non-hydrogen) atoms. The van der Waals surface area contributed by atoms with E-state index in [9.17, 15) is 4.79 Å². The number of aromatic nitrogens is 5. The number of piperidine rings is 1. The Kier molecular flexibility index (Phi) is 9.58. The van der Waals surface area contributed by atoms with Crippen LogP contribution in [0.5, 0.6) is 0 Å². The molecule has 1 saturated heterocycles. The van der Waals surface area contributed by atoms with E-state index >= 15 is 4.39 Å². The molecule has 4 heterocycles. The molecule has 1 fully saturated rings. The summed E-state index contributed by atoms with van der Waals surface area (Å²) in [5.41, 5.74) is 11.7. The van der Waals surface area contributed by atoms with E-state index in [0.717, 1.165) is 80.1 Å². The van der Waals surface area contributed by atoms with Crippen molar-refractivity contribution in [1.29, 1.82) is 0 Å². The van der Waals surface area contributed by atoms with Gasteiger partial charge in [0, 0.05) is 47.5 Å². The van der Waals surface area contributed by atoms with Crippen LogP contribution in [0.1, 0.15) is 74.0 Å². The minimum atomic E-state index is -0.507. The van der Waals surface area contributed by atoms with Crippen LogP contribution in [-0.2, 0) is 6.42 Å². The molecule has 1 aliphatic heterocycles. The number of hydrogen-bond donors (Lipinski definition) is 5. The number of halogens is 2. The molecule has 11 heteroatoms. The summed E-state index contributed by atoms with van der Waals surface area (Å²) in [6, 6.07) is 14.1. The summed E-state index contributed by atoms with van der Waals surface area (Å²) in [6.07, 6.45) is 8.60. The number of aryl methyl sites for hydroxylation is 3. The quantitative estimate of drug-likeness (QED) is 0.107. The summed E-state index contributed by atoms with van der Waals surface area (Å²) < 4.78 is 16.7. The van der Waals surface area contributed by atoms with Gasteiger partial charge in [-0.1, -0.05) is 30.2 Å². The molecule has 0 amide bonds. The van der Waals surface area contributed by atoms with Crippen molar-refractivity contribution in [3.63, 3.8) is 0 Å². The number of anilines is 1. The minimum absolute atomic E-state index is 0.0639. The van der Waals surface area contributed by atoms with Gasteiger partial charge in [0.05, 0.1) is 22.1 Å². The lowest BCUT2D eigenvalue weighted by Crippen LogP contribution is -2.38. The van der Waals surface area contributed by atoms with Gasteiger partial charge < -0.3 is 26.3 Å². The zero-order valence-corrected chi connectivity index (χ0v) is 27.3. The first kappa shape index (κ1) is 32.0. The minimum Gasteiger partial charge on any atom is -0.356 e. The van der Waals surface area contributed by atoms with Gasteiger partial charge >= 0.3 is 5.69 Å². The Bertz CT molecular complexity index is 1860. The zero-order chi connectivity index (χ0) is 32.4. The molecule has 3 aromatic heterocycles. The first-order valence-corrected chi connectivity index (χ1v) is 16.5. The highest BCUT2D eigenvalue weighted by Gasteiger charge is 2.22. The maximum atomic E-state index is 15.2. The van der Waals surface area contributed by atoms with Crippen LogP contribution < -0.4 is 22.1 Å². The molecule has 9 nitrogen and oxygen atoms in total. The number of H-pyrrole nitrogens is 2. The van der Waals surface area contributed by atoms with E-state index in [1.807, 2.05) is 39.0 Å². The molecule has 1 aliphatic rings. The van der Waals surface area contributed by atoms with Gasteiger partial charge in [-0.2, -0.15) is 4.98 Å². The van der Waals surface area contributed by atoms with Crippen LogP contribution in [-0.4, -0.2) is 43.1 Å². The third kappa shape index (κ3) is 7.19. The van der Waals surface area contributed by atoms with Gasteiger partial charge in [-0.15, -0.1) is 0 Å². The Labute approximate surface area is 273 Å². The number of nitrogens with two attached hydrogens (primary N) is 1. The summed E-state index contributed by atoms with van der Waals surface area (Å²) in [4.78, 5) is 28.3. The average Bonchev–Trinajstić information content (AvgIpc) is 3.59. The second-order valence-electron chi connectivity index (χ2n) is 12.6. The van der Waals surface area contributed by atoms with E-state index in [0.29, 0.717) is 28.3 Å². The normalized spacial score (nSPS) is 17.4. The molecule has 6 rings (SSSR count). The third-order valence-electron chi connectivity index (χ3n) is 8.98. The monoisotopic (exact) mass is 644 g/mol. The molecule has 0 spiro atoms. The number of nitrogens with one attached hydrogen (secondary N) is 4. The lowest BCUT2D eigenvalue weighted by atomic mass is 9.92. The fraction of sp³-hybridized carbons (Fsp3) is 0.400.